The summed E-state index contributed by atoms with van der Waals surface area (Å²) in [6.07, 6.45) is 2.45. The molecule has 0 radical (unpaired) electrons. The summed E-state index contributed by atoms with van der Waals surface area (Å²) in [5.74, 6) is 1.05. The predicted molar refractivity (Wildman–Crippen MR) is 73.4 cm³/mol. The Kier molecular flexibility index (Phi) is 3.10. The third kappa shape index (κ3) is 1.93. The van der Waals surface area contributed by atoms with Gasteiger partial charge in [0.05, 0.1) is 6.04 Å². The number of benzene rings is 1. The zero-order valence-corrected chi connectivity index (χ0v) is 10.8. The molecule has 1 aromatic heterocycles. The maximum Gasteiger partial charge on any atom is 0.134 e. The first-order valence-corrected chi connectivity index (χ1v) is 6.74. The standard InChI is InChI=1S/C15H20N2O/c1-11(17-8-4-6-13(17)10-16)15-9-12-5-2-3-7-14(12)18-15/h2-3,5,7,9,11,13H,4,6,8,10,16H2,1H3. The molecule has 3 nitrogen and oxygen atoms in total. The molecule has 2 heterocycles. The van der Waals surface area contributed by atoms with E-state index in [1.165, 1.54) is 18.2 Å². The number of rotatable bonds is 3. The number of furan rings is 1. The van der Waals surface area contributed by atoms with Crippen LogP contribution in [0.15, 0.2) is 34.7 Å². The minimum atomic E-state index is 0.313. The lowest BCUT2D eigenvalue weighted by Gasteiger charge is -2.28. The predicted octanol–water partition coefficient (Wildman–Crippen LogP) is 2.92. The number of nitrogens with two attached hydrogens (primary N) is 1. The van der Waals surface area contributed by atoms with Crippen LogP contribution >= 0.6 is 0 Å². The molecular formula is C15H20N2O. The van der Waals surface area contributed by atoms with E-state index in [0.717, 1.165) is 24.4 Å². The molecule has 2 unspecified atom stereocenters. The zero-order valence-electron chi connectivity index (χ0n) is 10.8. The first kappa shape index (κ1) is 11.8. The van der Waals surface area contributed by atoms with Crippen molar-refractivity contribution in [2.45, 2.75) is 31.8 Å². The number of para-hydroxylation sites is 1. The van der Waals surface area contributed by atoms with Gasteiger partial charge in [-0.1, -0.05) is 18.2 Å². The third-order valence-electron chi connectivity index (χ3n) is 4.05. The first-order valence-electron chi connectivity index (χ1n) is 6.74. The van der Waals surface area contributed by atoms with Crippen LogP contribution in [0.4, 0.5) is 0 Å². The van der Waals surface area contributed by atoms with Crippen molar-refractivity contribution in [3.8, 4) is 0 Å². The second-order valence-electron chi connectivity index (χ2n) is 5.13. The Morgan fingerprint density at radius 2 is 2.28 bits per heavy atom. The van der Waals surface area contributed by atoms with Crippen LogP contribution in [0.5, 0.6) is 0 Å². The smallest absolute Gasteiger partial charge is 0.134 e. The van der Waals surface area contributed by atoms with Crippen molar-refractivity contribution in [3.63, 3.8) is 0 Å². The first-order chi connectivity index (χ1) is 8.79. The molecule has 0 amide bonds. The molecule has 2 aromatic rings. The molecule has 18 heavy (non-hydrogen) atoms. The Hall–Kier alpha value is -1.32. The lowest BCUT2D eigenvalue weighted by atomic mass is 10.1. The Labute approximate surface area is 108 Å². The largest absolute Gasteiger partial charge is 0.459 e. The molecule has 1 aliphatic heterocycles. The van der Waals surface area contributed by atoms with Gasteiger partial charge in [0.15, 0.2) is 0 Å². The number of likely N-dealkylation sites (tertiary alicyclic amines) is 1. The highest BCUT2D eigenvalue weighted by molar-refractivity contribution is 5.77. The zero-order chi connectivity index (χ0) is 12.5. The number of hydrogen-bond acceptors (Lipinski definition) is 3. The average Bonchev–Trinajstić information content (AvgIpc) is 3.03. The maximum absolute atomic E-state index is 5.95. The van der Waals surface area contributed by atoms with Gasteiger partial charge in [0.2, 0.25) is 0 Å². The molecule has 0 bridgehead atoms. The molecule has 1 fully saturated rings. The number of nitrogens with zero attached hydrogens (tertiary/aromatic N) is 1. The molecule has 0 aliphatic carbocycles. The molecule has 1 aliphatic rings. The summed E-state index contributed by atoms with van der Waals surface area (Å²) < 4.78 is 5.95. The van der Waals surface area contributed by atoms with E-state index < -0.39 is 0 Å². The van der Waals surface area contributed by atoms with E-state index in [1.54, 1.807) is 0 Å². The van der Waals surface area contributed by atoms with Gasteiger partial charge in [-0.05, 0) is 38.4 Å². The van der Waals surface area contributed by atoms with Crippen LogP contribution in [0.3, 0.4) is 0 Å². The normalized spacial score (nSPS) is 22.7. The molecule has 2 N–H and O–H groups in total. The molecule has 1 saturated heterocycles. The minimum absolute atomic E-state index is 0.313. The Balaban J connectivity index is 1.89. The quantitative estimate of drug-likeness (QED) is 0.902. The van der Waals surface area contributed by atoms with Crippen molar-refractivity contribution in [2.75, 3.05) is 13.1 Å². The van der Waals surface area contributed by atoms with Crippen LogP contribution in [0.25, 0.3) is 11.0 Å². The maximum atomic E-state index is 5.95. The highest BCUT2D eigenvalue weighted by Crippen LogP contribution is 2.31. The van der Waals surface area contributed by atoms with Gasteiger partial charge in [0, 0.05) is 18.0 Å². The van der Waals surface area contributed by atoms with Crippen LogP contribution < -0.4 is 5.73 Å². The van der Waals surface area contributed by atoms with Gasteiger partial charge in [-0.25, -0.2) is 0 Å². The fourth-order valence-electron chi connectivity index (χ4n) is 2.99. The Morgan fingerprint density at radius 3 is 3.06 bits per heavy atom. The summed E-state index contributed by atoms with van der Waals surface area (Å²) in [5, 5.41) is 1.18. The highest BCUT2D eigenvalue weighted by atomic mass is 16.3. The van der Waals surface area contributed by atoms with E-state index in [2.05, 4.69) is 24.0 Å². The Morgan fingerprint density at radius 1 is 1.44 bits per heavy atom. The highest BCUT2D eigenvalue weighted by Gasteiger charge is 2.29. The monoisotopic (exact) mass is 244 g/mol. The van der Waals surface area contributed by atoms with Crippen molar-refractivity contribution in [3.05, 3.63) is 36.1 Å². The van der Waals surface area contributed by atoms with Crippen LogP contribution in [0.2, 0.25) is 0 Å². The van der Waals surface area contributed by atoms with Gasteiger partial charge in [0.25, 0.3) is 0 Å². The Bertz CT molecular complexity index is 501. The topological polar surface area (TPSA) is 42.4 Å². The van der Waals surface area contributed by atoms with Crippen molar-refractivity contribution in [2.24, 2.45) is 5.73 Å². The molecule has 0 spiro atoms. The summed E-state index contributed by atoms with van der Waals surface area (Å²) >= 11 is 0. The summed E-state index contributed by atoms with van der Waals surface area (Å²) in [5.41, 5.74) is 6.82. The van der Waals surface area contributed by atoms with Crippen molar-refractivity contribution >= 4 is 11.0 Å². The second kappa shape index (κ2) is 4.75. The van der Waals surface area contributed by atoms with Crippen LogP contribution in [-0.4, -0.2) is 24.0 Å². The van der Waals surface area contributed by atoms with Crippen molar-refractivity contribution in [1.29, 1.82) is 0 Å². The lowest BCUT2D eigenvalue weighted by molar-refractivity contribution is 0.178. The summed E-state index contributed by atoms with van der Waals surface area (Å²) in [6.45, 7) is 4.08. The molecule has 1 aromatic carbocycles. The molecule has 2 atom stereocenters. The van der Waals surface area contributed by atoms with Gasteiger partial charge in [-0.3, -0.25) is 4.90 Å². The van der Waals surface area contributed by atoms with E-state index in [1.807, 2.05) is 18.2 Å². The summed E-state index contributed by atoms with van der Waals surface area (Å²) in [7, 11) is 0. The minimum Gasteiger partial charge on any atom is -0.459 e. The van der Waals surface area contributed by atoms with E-state index >= 15 is 0 Å². The van der Waals surface area contributed by atoms with Crippen LogP contribution in [-0.2, 0) is 0 Å². The lowest BCUT2D eigenvalue weighted by Crippen LogP contribution is -2.37. The van der Waals surface area contributed by atoms with Gasteiger partial charge in [0.1, 0.15) is 11.3 Å². The van der Waals surface area contributed by atoms with Gasteiger partial charge < -0.3 is 10.2 Å². The van der Waals surface area contributed by atoms with E-state index in [9.17, 15) is 0 Å². The van der Waals surface area contributed by atoms with Gasteiger partial charge in [-0.2, -0.15) is 0 Å². The fourth-order valence-corrected chi connectivity index (χ4v) is 2.99. The van der Waals surface area contributed by atoms with Crippen molar-refractivity contribution in [1.82, 2.24) is 4.90 Å². The van der Waals surface area contributed by atoms with E-state index in [4.69, 9.17) is 10.2 Å². The van der Waals surface area contributed by atoms with E-state index in [-0.39, 0.29) is 0 Å². The van der Waals surface area contributed by atoms with Crippen LogP contribution in [0, 0.1) is 0 Å². The fraction of sp³-hybridized carbons (Fsp3) is 0.467. The molecule has 3 rings (SSSR count). The SMILES string of the molecule is CC(c1cc2ccccc2o1)N1CCCC1CN. The molecule has 0 saturated carbocycles. The second-order valence-corrected chi connectivity index (χ2v) is 5.13. The van der Waals surface area contributed by atoms with E-state index in [0.29, 0.717) is 12.1 Å². The number of hydrogen-bond donors (Lipinski definition) is 1. The molecule has 96 valence electrons. The van der Waals surface area contributed by atoms with Crippen LogP contribution in [0.1, 0.15) is 31.6 Å². The van der Waals surface area contributed by atoms with Crippen molar-refractivity contribution < 1.29 is 4.42 Å². The molecular weight excluding hydrogens is 224 g/mol. The molecule has 3 heteroatoms. The van der Waals surface area contributed by atoms with Gasteiger partial charge in [-0.15, -0.1) is 0 Å². The summed E-state index contributed by atoms with van der Waals surface area (Å²) in [4.78, 5) is 2.47. The number of fused-ring (bicyclic) bond motifs is 1. The third-order valence-corrected chi connectivity index (χ3v) is 4.05. The van der Waals surface area contributed by atoms with Gasteiger partial charge >= 0.3 is 0 Å². The summed E-state index contributed by atoms with van der Waals surface area (Å²) in [6, 6.07) is 11.2. The average molecular weight is 244 g/mol.